The van der Waals surface area contributed by atoms with Crippen LogP contribution in [0.1, 0.15) is 64.0 Å². The summed E-state index contributed by atoms with van der Waals surface area (Å²) in [7, 11) is 0. The Kier molecular flexibility index (Phi) is 9.57. The minimum absolute atomic E-state index is 0. The Balaban J connectivity index is 0.00000181. The minimum atomic E-state index is 0. The topological polar surface area (TPSA) is 13.1 Å². The van der Waals surface area contributed by atoms with E-state index in [9.17, 15) is 0 Å². The molecule has 33 heavy (non-hydrogen) atoms. The van der Waals surface area contributed by atoms with Crippen molar-refractivity contribution in [3.05, 3.63) is 77.0 Å². The molecule has 0 spiro atoms. The summed E-state index contributed by atoms with van der Waals surface area (Å²) in [5, 5.41) is 2.56. The molecule has 0 saturated heterocycles. The van der Waals surface area contributed by atoms with Crippen LogP contribution in [0.2, 0.25) is 0 Å². The number of aryl methyl sites for hydroxylation is 2. The Bertz CT molecular complexity index is 1200. The summed E-state index contributed by atoms with van der Waals surface area (Å²) in [6.07, 6.45) is 0. The van der Waals surface area contributed by atoms with Crippen molar-refractivity contribution in [1.29, 1.82) is 0 Å². The number of fused-ring (bicyclic) bond motifs is 1. The molecule has 173 valence electrons. The molecule has 0 saturated carbocycles. The average molecular weight is 560 g/mol. The molecular weight excluding hydrogens is 526 g/mol. The first-order valence-electron chi connectivity index (χ1n) is 10.9. The number of hydrogen-bond acceptors (Lipinski definition) is 1. The smallest absolute Gasteiger partial charge is 1.00 e. The number of halogens is 2. The average Bonchev–Trinajstić information content (AvgIpc) is 3.25. The van der Waals surface area contributed by atoms with Crippen LogP contribution in [-0.4, -0.2) is 0 Å². The molecule has 0 bridgehead atoms. The molecule has 0 amide bonds. The van der Waals surface area contributed by atoms with Crippen LogP contribution in [0.3, 0.4) is 0 Å². The molecule has 0 aliphatic heterocycles. The monoisotopic (exact) mass is 557 g/mol. The van der Waals surface area contributed by atoms with Gasteiger partial charge < -0.3 is 29.2 Å². The first-order valence-corrected chi connectivity index (χ1v) is 10.9. The molecule has 0 N–H and O–H groups in total. The zero-order chi connectivity index (χ0) is 21.8. The second kappa shape index (κ2) is 10.6. The Morgan fingerprint density at radius 1 is 0.727 bits per heavy atom. The second-order valence-corrected chi connectivity index (χ2v) is 10.7. The maximum Gasteiger partial charge on any atom is 3.00 e. The van der Waals surface area contributed by atoms with Crippen LogP contribution in [0, 0.1) is 13.8 Å². The van der Waals surface area contributed by atoms with Gasteiger partial charge in [0.25, 0.3) is 0 Å². The van der Waals surface area contributed by atoms with Crippen LogP contribution in [0.15, 0.2) is 59.0 Å². The third-order valence-electron chi connectivity index (χ3n) is 6.08. The fraction of sp³-hybridized carbons (Fsp3) is 0.345. The molecule has 0 fully saturated rings. The Morgan fingerprint density at radius 2 is 1.30 bits per heavy atom. The van der Waals surface area contributed by atoms with Crippen LogP contribution in [0.4, 0.5) is 0 Å². The van der Waals surface area contributed by atoms with Gasteiger partial charge in [0.05, 0.1) is 11.5 Å². The molecule has 1 heterocycles. The fourth-order valence-corrected chi connectivity index (χ4v) is 4.14. The van der Waals surface area contributed by atoms with E-state index in [0.29, 0.717) is 0 Å². The van der Waals surface area contributed by atoms with Crippen molar-refractivity contribution in [3.63, 3.8) is 0 Å². The fourth-order valence-electron chi connectivity index (χ4n) is 4.14. The van der Waals surface area contributed by atoms with Crippen molar-refractivity contribution in [3.8, 4) is 22.5 Å². The van der Waals surface area contributed by atoms with E-state index in [0.717, 1.165) is 17.1 Å². The van der Waals surface area contributed by atoms with E-state index in [2.05, 4.69) is 97.0 Å². The van der Waals surface area contributed by atoms with E-state index < -0.39 is 0 Å². The van der Waals surface area contributed by atoms with Crippen molar-refractivity contribution >= 4 is 10.8 Å². The maximum atomic E-state index is 5.90. The summed E-state index contributed by atoms with van der Waals surface area (Å²) in [6, 6.07) is 20.3. The van der Waals surface area contributed by atoms with Crippen LogP contribution >= 0.6 is 0 Å². The van der Waals surface area contributed by atoms with E-state index in [1.54, 1.807) is 0 Å². The van der Waals surface area contributed by atoms with Gasteiger partial charge in [-0.15, -0.1) is 29.0 Å². The Hall–Kier alpha value is -1.21. The molecule has 1 aromatic heterocycles. The van der Waals surface area contributed by atoms with Gasteiger partial charge in [0, 0.05) is 0 Å². The van der Waals surface area contributed by atoms with E-state index in [1.165, 1.54) is 38.6 Å². The van der Waals surface area contributed by atoms with Gasteiger partial charge in [-0.3, -0.25) is 0 Å². The molecule has 4 aromatic rings. The van der Waals surface area contributed by atoms with Crippen LogP contribution in [0.25, 0.3) is 33.2 Å². The molecule has 0 aliphatic rings. The number of rotatable bonds is 2. The Labute approximate surface area is 230 Å². The second-order valence-electron chi connectivity index (χ2n) is 10.7. The Morgan fingerprint density at radius 3 is 1.79 bits per heavy atom. The van der Waals surface area contributed by atoms with Crippen molar-refractivity contribution in [1.82, 2.24) is 0 Å². The third kappa shape index (κ3) is 6.08. The molecule has 0 atom stereocenters. The molecule has 0 aliphatic carbocycles. The molecule has 4 heteroatoms. The van der Waals surface area contributed by atoms with Gasteiger partial charge in [-0.05, 0) is 59.1 Å². The van der Waals surface area contributed by atoms with E-state index >= 15 is 0 Å². The van der Waals surface area contributed by atoms with Crippen LogP contribution < -0.4 is 24.8 Å². The van der Waals surface area contributed by atoms with Gasteiger partial charge in [-0.2, -0.15) is 0 Å². The molecule has 0 unspecified atom stereocenters. The van der Waals surface area contributed by atoms with Crippen LogP contribution in [-0.2, 0) is 37.0 Å². The molecule has 1 nitrogen and oxygen atoms in total. The quantitative estimate of drug-likeness (QED) is 0.345. The molecule has 1 radical (unpaired) electrons. The minimum Gasteiger partial charge on any atom is -1.00 e. The summed E-state index contributed by atoms with van der Waals surface area (Å²) in [5.41, 5.74) is 8.06. The summed E-state index contributed by atoms with van der Waals surface area (Å²) < 4.78 is 5.90. The standard InChI is InChI=1S/C29H33O.2ClH.Zr/c1-18-9-11-20-13-21(26-12-10-19(2)30-26)16-25(20)27(18)22-14-23(28(3,4)5)17-24(15-22)29(6,7)8;;;/h9-17H,1-8H3;2*1H;/q-1;;;+3/p-2. The predicted octanol–water partition coefficient (Wildman–Crippen LogP) is 2.70. The molecule has 3 aromatic carbocycles. The maximum absolute atomic E-state index is 5.90. The largest absolute Gasteiger partial charge is 3.00 e. The van der Waals surface area contributed by atoms with Gasteiger partial charge in [0.2, 0.25) is 0 Å². The first kappa shape index (κ1) is 29.8. The van der Waals surface area contributed by atoms with E-state index in [-0.39, 0.29) is 61.8 Å². The van der Waals surface area contributed by atoms with Gasteiger partial charge in [0.15, 0.2) is 0 Å². The predicted molar refractivity (Wildman–Crippen MR) is 130 cm³/mol. The number of furan rings is 1. The summed E-state index contributed by atoms with van der Waals surface area (Å²) in [6.45, 7) is 18.0. The van der Waals surface area contributed by atoms with E-state index in [1.807, 2.05) is 13.0 Å². The molecular formula is C29H33Cl2OZr. The van der Waals surface area contributed by atoms with Gasteiger partial charge >= 0.3 is 26.2 Å². The first-order chi connectivity index (χ1) is 13.9. The number of benzene rings is 2. The van der Waals surface area contributed by atoms with Crippen molar-refractivity contribution in [2.75, 3.05) is 0 Å². The SMILES string of the molecule is Cc1ccc(-c2cc3c(-c4cc(C(C)(C)C)cc(C(C)(C)C)c4)c(C)ccc3[cH-]2)o1.[Cl-].[Cl-].[Zr+3]. The zero-order valence-corrected chi connectivity index (χ0v) is 24.8. The van der Waals surface area contributed by atoms with Gasteiger partial charge in [-0.25, -0.2) is 0 Å². The van der Waals surface area contributed by atoms with Crippen molar-refractivity contribution in [2.45, 2.75) is 66.2 Å². The van der Waals surface area contributed by atoms with Crippen molar-refractivity contribution < 1.29 is 55.4 Å². The normalized spacial score (nSPS) is 11.5. The van der Waals surface area contributed by atoms with Gasteiger partial charge in [0.1, 0.15) is 0 Å². The number of hydrogen-bond donors (Lipinski definition) is 0. The zero-order valence-electron chi connectivity index (χ0n) is 20.9. The van der Waals surface area contributed by atoms with E-state index in [4.69, 9.17) is 4.42 Å². The van der Waals surface area contributed by atoms with Crippen molar-refractivity contribution in [2.24, 2.45) is 0 Å². The third-order valence-corrected chi connectivity index (χ3v) is 6.08. The van der Waals surface area contributed by atoms with Crippen LogP contribution in [0.5, 0.6) is 0 Å². The summed E-state index contributed by atoms with van der Waals surface area (Å²) in [5.74, 6) is 1.88. The summed E-state index contributed by atoms with van der Waals surface area (Å²) in [4.78, 5) is 0. The summed E-state index contributed by atoms with van der Waals surface area (Å²) >= 11 is 0. The molecule has 4 rings (SSSR count). The van der Waals surface area contributed by atoms with Gasteiger partial charge in [-0.1, -0.05) is 76.9 Å².